The van der Waals surface area contributed by atoms with Crippen LogP contribution in [0.5, 0.6) is 11.5 Å². The molecule has 8 nitrogen and oxygen atoms in total. The zero-order chi connectivity index (χ0) is 25.3. The number of amides is 1. The van der Waals surface area contributed by atoms with Crippen molar-refractivity contribution >= 4 is 50.8 Å². The highest BCUT2D eigenvalue weighted by Gasteiger charge is 2.05. The number of carbonyl (C=O) groups is 3. The fraction of sp³-hybridized carbons (Fsp3) is 0.115. The Balaban J connectivity index is 0.000000193. The van der Waals surface area contributed by atoms with Gasteiger partial charge in [-0.05, 0) is 35.0 Å². The standard InChI is InChI=1S/C12H11NO2.C10H9NO.C4H6O3/c1-8(14)13-10-6-2-4-9-5-3-7-11(15)12(9)10;11-8-5-1-3-7-4-2-6-9(12)10(7)8;1-3(5)7-4(2)6/h2-7,15H,1H3,(H,13,14);1-6,12H,11H2;1-2H3. The van der Waals surface area contributed by atoms with E-state index in [1.165, 1.54) is 20.8 Å². The topological polar surface area (TPSA) is 139 Å². The Kier molecular flexibility index (Phi) is 8.96. The first kappa shape index (κ1) is 25.7. The monoisotopic (exact) mass is 462 g/mol. The molecule has 0 radical (unpaired) electrons. The lowest BCUT2D eigenvalue weighted by atomic mass is 10.1. The SMILES string of the molecule is CC(=O)Nc1cccc2cccc(O)c12.CC(=O)OC(C)=O.Nc1cccc2cccc(O)c12. The number of phenolic OH excluding ortho intramolecular Hbond substituents is 2. The van der Waals surface area contributed by atoms with Crippen molar-refractivity contribution in [2.24, 2.45) is 0 Å². The van der Waals surface area contributed by atoms with Gasteiger partial charge in [-0.3, -0.25) is 14.4 Å². The highest BCUT2D eigenvalue weighted by Crippen LogP contribution is 2.31. The van der Waals surface area contributed by atoms with Crippen molar-refractivity contribution in [3.05, 3.63) is 72.8 Å². The number of anilines is 2. The van der Waals surface area contributed by atoms with Crippen molar-refractivity contribution in [3.8, 4) is 11.5 Å². The number of esters is 2. The largest absolute Gasteiger partial charge is 0.507 e. The van der Waals surface area contributed by atoms with Crippen LogP contribution in [0.4, 0.5) is 11.4 Å². The lowest BCUT2D eigenvalue weighted by Gasteiger charge is -2.08. The molecule has 0 bridgehead atoms. The third-order valence-corrected chi connectivity index (χ3v) is 4.40. The summed E-state index contributed by atoms with van der Waals surface area (Å²) in [4.78, 5) is 30.6. The zero-order valence-corrected chi connectivity index (χ0v) is 19.0. The Morgan fingerprint density at radius 3 is 1.59 bits per heavy atom. The van der Waals surface area contributed by atoms with Gasteiger partial charge in [0.2, 0.25) is 5.91 Å². The van der Waals surface area contributed by atoms with Crippen LogP contribution in [-0.4, -0.2) is 28.1 Å². The number of fused-ring (bicyclic) bond motifs is 2. The molecule has 0 fully saturated rings. The maximum absolute atomic E-state index is 11.0. The van der Waals surface area contributed by atoms with Gasteiger partial charge in [-0.2, -0.15) is 0 Å². The first-order valence-corrected chi connectivity index (χ1v) is 10.2. The van der Waals surface area contributed by atoms with Gasteiger partial charge in [0.05, 0.1) is 5.69 Å². The van der Waals surface area contributed by atoms with Crippen molar-refractivity contribution in [1.82, 2.24) is 0 Å². The summed E-state index contributed by atoms with van der Waals surface area (Å²) < 4.78 is 3.97. The van der Waals surface area contributed by atoms with Gasteiger partial charge in [0, 0.05) is 37.2 Å². The van der Waals surface area contributed by atoms with Crippen molar-refractivity contribution in [2.45, 2.75) is 20.8 Å². The molecule has 0 spiro atoms. The molecule has 0 heterocycles. The second kappa shape index (κ2) is 11.9. The molecule has 0 aliphatic rings. The number of hydrogen-bond acceptors (Lipinski definition) is 7. The maximum atomic E-state index is 11.0. The molecule has 0 aliphatic heterocycles. The van der Waals surface area contributed by atoms with E-state index in [-0.39, 0.29) is 17.4 Å². The molecule has 0 atom stereocenters. The molecule has 34 heavy (non-hydrogen) atoms. The Labute approximate surface area is 196 Å². The van der Waals surface area contributed by atoms with Crippen LogP contribution in [0.15, 0.2) is 72.8 Å². The molecule has 1 amide bonds. The average Bonchev–Trinajstić information content (AvgIpc) is 2.74. The molecule has 4 aromatic carbocycles. The van der Waals surface area contributed by atoms with Crippen LogP contribution < -0.4 is 11.1 Å². The van der Waals surface area contributed by atoms with Gasteiger partial charge in [0.25, 0.3) is 0 Å². The normalized spacial score (nSPS) is 9.74. The fourth-order valence-corrected chi connectivity index (χ4v) is 3.17. The molecule has 4 rings (SSSR count). The van der Waals surface area contributed by atoms with E-state index in [2.05, 4.69) is 10.1 Å². The second-order valence-corrected chi connectivity index (χ2v) is 7.17. The average molecular weight is 463 g/mol. The van der Waals surface area contributed by atoms with E-state index in [1.807, 2.05) is 36.4 Å². The Hall–Kier alpha value is -4.59. The van der Waals surface area contributed by atoms with Crippen LogP contribution in [0.2, 0.25) is 0 Å². The van der Waals surface area contributed by atoms with Gasteiger partial charge < -0.3 is 26.0 Å². The first-order valence-electron chi connectivity index (χ1n) is 10.2. The minimum atomic E-state index is -0.562. The summed E-state index contributed by atoms with van der Waals surface area (Å²) in [7, 11) is 0. The predicted molar refractivity (Wildman–Crippen MR) is 132 cm³/mol. The van der Waals surface area contributed by atoms with Crippen molar-refractivity contribution in [2.75, 3.05) is 11.1 Å². The summed E-state index contributed by atoms with van der Waals surface area (Å²) >= 11 is 0. The molecule has 4 aromatic rings. The number of phenols is 2. The summed E-state index contributed by atoms with van der Waals surface area (Å²) in [6, 6.07) is 21.7. The third kappa shape index (κ3) is 7.23. The Morgan fingerprint density at radius 2 is 1.15 bits per heavy atom. The van der Waals surface area contributed by atoms with Crippen LogP contribution in [0.25, 0.3) is 21.5 Å². The van der Waals surface area contributed by atoms with Gasteiger partial charge in [-0.15, -0.1) is 0 Å². The number of nitrogens with one attached hydrogen (secondary N) is 1. The predicted octanol–water partition coefficient (Wildman–Crippen LogP) is 4.73. The lowest BCUT2D eigenvalue weighted by molar-refractivity contribution is -0.156. The summed E-state index contributed by atoms with van der Waals surface area (Å²) in [5.41, 5.74) is 6.95. The molecule has 0 aromatic heterocycles. The number of carbonyl (C=O) groups excluding carboxylic acids is 3. The zero-order valence-electron chi connectivity index (χ0n) is 19.0. The van der Waals surface area contributed by atoms with E-state index in [1.54, 1.807) is 36.4 Å². The Bertz CT molecular complexity index is 1280. The van der Waals surface area contributed by atoms with Crippen LogP contribution in [-0.2, 0) is 19.1 Å². The molecule has 8 heteroatoms. The summed E-state index contributed by atoms with van der Waals surface area (Å²) in [6.45, 7) is 3.81. The number of benzene rings is 4. The fourth-order valence-electron chi connectivity index (χ4n) is 3.17. The van der Waals surface area contributed by atoms with E-state index in [9.17, 15) is 24.6 Å². The van der Waals surface area contributed by atoms with E-state index >= 15 is 0 Å². The second-order valence-electron chi connectivity index (χ2n) is 7.17. The third-order valence-electron chi connectivity index (χ3n) is 4.40. The molecular formula is C26H26N2O6. The molecule has 0 aliphatic carbocycles. The quantitative estimate of drug-likeness (QED) is 0.182. The minimum Gasteiger partial charge on any atom is -0.507 e. The first-order chi connectivity index (χ1) is 16.1. The lowest BCUT2D eigenvalue weighted by Crippen LogP contribution is -2.05. The number of nitrogen functional groups attached to an aromatic ring is 1. The number of hydrogen-bond donors (Lipinski definition) is 4. The van der Waals surface area contributed by atoms with Gasteiger partial charge >= 0.3 is 11.9 Å². The van der Waals surface area contributed by atoms with Crippen LogP contribution in [0.1, 0.15) is 20.8 Å². The van der Waals surface area contributed by atoms with E-state index in [4.69, 9.17) is 5.73 Å². The van der Waals surface area contributed by atoms with Crippen molar-refractivity contribution in [1.29, 1.82) is 0 Å². The van der Waals surface area contributed by atoms with Crippen LogP contribution in [0.3, 0.4) is 0 Å². The molecule has 0 saturated carbocycles. The molecule has 0 unspecified atom stereocenters. The molecule has 176 valence electrons. The Morgan fingerprint density at radius 1 is 0.706 bits per heavy atom. The molecular weight excluding hydrogens is 436 g/mol. The van der Waals surface area contributed by atoms with Crippen molar-refractivity contribution < 1.29 is 29.3 Å². The number of nitrogens with two attached hydrogens (primary N) is 1. The maximum Gasteiger partial charge on any atom is 0.310 e. The number of aromatic hydroxyl groups is 2. The smallest absolute Gasteiger partial charge is 0.310 e. The van der Waals surface area contributed by atoms with Gasteiger partial charge in [0.15, 0.2) is 0 Å². The number of rotatable bonds is 1. The summed E-state index contributed by atoms with van der Waals surface area (Å²) in [5, 5.41) is 25.2. The summed E-state index contributed by atoms with van der Waals surface area (Å²) in [5.74, 6) is -0.854. The van der Waals surface area contributed by atoms with Crippen molar-refractivity contribution in [3.63, 3.8) is 0 Å². The molecule has 5 N–H and O–H groups in total. The highest BCUT2D eigenvalue weighted by molar-refractivity contribution is 6.04. The van der Waals surface area contributed by atoms with Crippen LogP contribution in [0, 0.1) is 0 Å². The highest BCUT2D eigenvalue weighted by atomic mass is 16.6. The van der Waals surface area contributed by atoms with Crippen LogP contribution >= 0.6 is 0 Å². The van der Waals surface area contributed by atoms with Gasteiger partial charge in [-0.25, -0.2) is 0 Å². The minimum absolute atomic E-state index is 0.147. The van der Waals surface area contributed by atoms with E-state index < -0.39 is 11.9 Å². The molecule has 0 saturated heterocycles. The van der Waals surface area contributed by atoms with E-state index in [0.717, 1.165) is 16.2 Å². The summed E-state index contributed by atoms with van der Waals surface area (Å²) in [6.07, 6.45) is 0. The van der Waals surface area contributed by atoms with Gasteiger partial charge in [0.1, 0.15) is 11.5 Å². The van der Waals surface area contributed by atoms with E-state index in [0.29, 0.717) is 16.8 Å². The number of ether oxygens (including phenoxy) is 1. The van der Waals surface area contributed by atoms with Gasteiger partial charge in [-0.1, -0.05) is 48.5 Å².